The van der Waals surface area contributed by atoms with Gasteiger partial charge >= 0.3 is 0 Å². The fourth-order valence-corrected chi connectivity index (χ4v) is 3.49. The second-order valence-corrected chi connectivity index (χ2v) is 5.58. The van der Waals surface area contributed by atoms with E-state index in [4.69, 9.17) is 9.47 Å². The van der Waals surface area contributed by atoms with Crippen LogP contribution in [0, 0.1) is 5.82 Å². The van der Waals surface area contributed by atoms with E-state index >= 15 is 0 Å². The molecule has 0 aromatic heterocycles. The van der Waals surface area contributed by atoms with Gasteiger partial charge in [-0.15, -0.1) is 0 Å². The van der Waals surface area contributed by atoms with Gasteiger partial charge in [-0.05, 0) is 44.5 Å². The zero-order valence-corrected chi connectivity index (χ0v) is 13.2. The van der Waals surface area contributed by atoms with Gasteiger partial charge in [-0.1, -0.05) is 19.8 Å². The lowest BCUT2D eigenvalue weighted by Gasteiger charge is -2.38. The van der Waals surface area contributed by atoms with Crippen LogP contribution in [0.4, 0.5) is 4.39 Å². The van der Waals surface area contributed by atoms with E-state index in [0.29, 0.717) is 12.4 Å². The molecule has 1 aliphatic carbocycles. The van der Waals surface area contributed by atoms with Crippen molar-refractivity contribution in [2.75, 3.05) is 20.3 Å². The minimum Gasteiger partial charge on any atom is -0.496 e. The zero-order valence-electron chi connectivity index (χ0n) is 13.2. The third kappa shape index (κ3) is 3.38. The van der Waals surface area contributed by atoms with Gasteiger partial charge in [0.05, 0.1) is 18.8 Å². The molecule has 21 heavy (non-hydrogen) atoms. The summed E-state index contributed by atoms with van der Waals surface area (Å²) >= 11 is 0. The fourth-order valence-electron chi connectivity index (χ4n) is 3.49. The Morgan fingerprint density at radius 2 is 2.00 bits per heavy atom. The Bertz CT molecular complexity index is 458. The quantitative estimate of drug-likeness (QED) is 0.829. The van der Waals surface area contributed by atoms with Crippen molar-refractivity contribution in [1.82, 2.24) is 5.32 Å². The molecule has 1 saturated carbocycles. The zero-order chi connectivity index (χ0) is 15.3. The van der Waals surface area contributed by atoms with E-state index in [1.807, 2.05) is 6.92 Å². The summed E-state index contributed by atoms with van der Waals surface area (Å²) in [6, 6.07) is 4.66. The van der Waals surface area contributed by atoms with Crippen molar-refractivity contribution >= 4 is 0 Å². The smallest absolute Gasteiger partial charge is 0.123 e. The third-order valence-corrected chi connectivity index (χ3v) is 4.32. The highest BCUT2D eigenvalue weighted by Gasteiger charge is 2.43. The van der Waals surface area contributed by atoms with E-state index < -0.39 is 0 Å². The van der Waals surface area contributed by atoms with Gasteiger partial charge in [-0.3, -0.25) is 0 Å². The van der Waals surface area contributed by atoms with Gasteiger partial charge in [0.1, 0.15) is 11.6 Å². The van der Waals surface area contributed by atoms with Crippen molar-refractivity contribution in [3.8, 4) is 5.75 Å². The van der Waals surface area contributed by atoms with Crippen LogP contribution in [0.15, 0.2) is 18.2 Å². The van der Waals surface area contributed by atoms with Crippen molar-refractivity contribution in [3.05, 3.63) is 29.6 Å². The predicted octanol–water partition coefficient (Wildman–Crippen LogP) is 3.83. The molecule has 0 aliphatic heterocycles. The molecular formula is C17H26FNO2. The first-order valence-electron chi connectivity index (χ1n) is 7.87. The van der Waals surface area contributed by atoms with Gasteiger partial charge in [-0.25, -0.2) is 4.39 Å². The predicted molar refractivity (Wildman–Crippen MR) is 82.2 cm³/mol. The topological polar surface area (TPSA) is 30.5 Å². The second-order valence-electron chi connectivity index (χ2n) is 5.58. The van der Waals surface area contributed by atoms with E-state index in [9.17, 15) is 4.39 Å². The molecule has 1 unspecified atom stereocenters. The molecule has 0 amide bonds. The third-order valence-electron chi connectivity index (χ3n) is 4.32. The highest BCUT2D eigenvalue weighted by atomic mass is 19.1. The largest absolute Gasteiger partial charge is 0.496 e. The van der Waals surface area contributed by atoms with Crippen molar-refractivity contribution in [2.45, 2.75) is 51.2 Å². The van der Waals surface area contributed by atoms with Crippen molar-refractivity contribution < 1.29 is 13.9 Å². The molecule has 0 bridgehead atoms. The summed E-state index contributed by atoms with van der Waals surface area (Å²) in [5, 5.41) is 3.50. The summed E-state index contributed by atoms with van der Waals surface area (Å²) in [5.74, 6) is 0.478. The average Bonchev–Trinajstić information content (AvgIpc) is 2.94. The van der Waals surface area contributed by atoms with Gasteiger partial charge < -0.3 is 14.8 Å². The Morgan fingerprint density at radius 1 is 1.29 bits per heavy atom. The van der Waals surface area contributed by atoms with Crippen LogP contribution in [0.3, 0.4) is 0 Å². The molecule has 1 atom stereocenters. The first-order chi connectivity index (χ1) is 10.2. The van der Waals surface area contributed by atoms with Crippen LogP contribution in [0.2, 0.25) is 0 Å². The summed E-state index contributed by atoms with van der Waals surface area (Å²) in [5.41, 5.74) is 0.598. The molecule has 1 aliphatic rings. The van der Waals surface area contributed by atoms with Crippen LogP contribution in [0.25, 0.3) is 0 Å². The number of ether oxygens (including phenoxy) is 2. The Labute approximate surface area is 126 Å². The van der Waals surface area contributed by atoms with Crippen LogP contribution in [0.5, 0.6) is 5.75 Å². The van der Waals surface area contributed by atoms with Crippen molar-refractivity contribution in [2.24, 2.45) is 0 Å². The van der Waals surface area contributed by atoms with Gasteiger partial charge in [-0.2, -0.15) is 0 Å². The molecule has 118 valence electrons. The Hall–Kier alpha value is -1.13. The van der Waals surface area contributed by atoms with Gasteiger partial charge in [0.15, 0.2) is 0 Å². The van der Waals surface area contributed by atoms with E-state index in [-0.39, 0.29) is 17.5 Å². The maximum absolute atomic E-state index is 13.8. The van der Waals surface area contributed by atoms with Gasteiger partial charge in [0.25, 0.3) is 0 Å². The van der Waals surface area contributed by atoms with Crippen LogP contribution in [0.1, 0.15) is 51.1 Å². The Kier molecular flexibility index (Phi) is 5.59. The van der Waals surface area contributed by atoms with Crippen molar-refractivity contribution in [3.63, 3.8) is 0 Å². The van der Waals surface area contributed by atoms with Crippen LogP contribution < -0.4 is 10.1 Å². The minimum absolute atomic E-state index is 0.0457. The maximum Gasteiger partial charge on any atom is 0.123 e. The Morgan fingerprint density at radius 3 is 2.57 bits per heavy atom. The monoisotopic (exact) mass is 295 g/mol. The molecule has 1 aromatic carbocycles. The first kappa shape index (κ1) is 16.2. The number of hydrogen-bond acceptors (Lipinski definition) is 3. The summed E-state index contributed by atoms with van der Waals surface area (Å²) in [4.78, 5) is 0. The molecule has 4 heteroatoms. The number of hydrogen-bond donors (Lipinski definition) is 1. The molecule has 0 spiro atoms. The molecule has 0 saturated heterocycles. The lowest BCUT2D eigenvalue weighted by atomic mass is 9.86. The summed E-state index contributed by atoms with van der Waals surface area (Å²) < 4.78 is 25.4. The summed E-state index contributed by atoms with van der Waals surface area (Å²) in [6.07, 6.45) is 4.30. The number of methoxy groups -OCH3 is 1. The standard InChI is InChI=1S/C17H26FNO2/c1-4-19-16(17(21-5-2)10-6-7-11-17)14-12-13(18)8-9-15(14)20-3/h8-9,12,16,19H,4-7,10-11H2,1-3H3. The van der Waals surface area contributed by atoms with Crippen LogP contribution in [-0.4, -0.2) is 25.9 Å². The maximum atomic E-state index is 13.8. The molecular weight excluding hydrogens is 269 g/mol. The normalized spacial score (nSPS) is 18.7. The van der Waals surface area contributed by atoms with E-state index in [2.05, 4.69) is 12.2 Å². The van der Waals surface area contributed by atoms with Crippen LogP contribution in [-0.2, 0) is 4.74 Å². The summed E-state index contributed by atoms with van der Waals surface area (Å²) in [7, 11) is 1.63. The summed E-state index contributed by atoms with van der Waals surface area (Å²) in [6.45, 7) is 5.55. The molecule has 1 fully saturated rings. The molecule has 3 nitrogen and oxygen atoms in total. The molecule has 2 rings (SSSR count). The van der Waals surface area contributed by atoms with E-state index in [1.165, 1.54) is 6.07 Å². The van der Waals surface area contributed by atoms with Gasteiger partial charge in [0, 0.05) is 12.2 Å². The minimum atomic E-state index is -0.258. The van der Waals surface area contributed by atoms with Crippen molar-refractivity contribution in [1.29, 1.82) is 0 Å². The van der Waals surface area contributed by atoms with E-state index in [1.54, 1.807) is 19.2 Å². The first-order valence-corrected chi connectivity index (χ1v) is 7.87. The lowest BCUT2D eigenvalue weighted by molar-refractivity contribution is -0.0627. The number of rotatable bonds is 7. The molecule has 0 heterocycles. The SMILES string of the molecule is CCNC(c1cc(F)ccc1OC)C1(OCC)CCCC1. The lowest BCUT2D eigenvalue weighted by Crippen LogP contribution is -2.44. The van der Waals surface area contributed by atoms with Gasteiger partial charge in [0.2, 0.25) is 0 Å². The number of nitrogens with one attached hydrogen (secondary N) is 1. The number of likely N-dealkylation sites (N-methyl/N-ethyl adjacent to an activating group) is 1. The highest BCUT2D eigenvalue weighted by Crippen LogP contribution is 2.45. The fraction of sp³-hybridized carbons (Fsp3) is 0.647. The molecule has 1 N–H and O–H groups in total. The molecule has 0 radical (unpaired) electrons. The molecule has 1 aromatic rings. The van der Waals surface area contributed by atoms with E-state index in [0.717, 1.165) is 37.8 Å². The second kappa shape index (κ2) is 7.23. The number of benzene rings is 1. The highest BCUT2D eigenvalue weighted by molar-refractivity contribution is 5.38. The average molecular weight is 295 g/mol. The Balaban J connectivity index is 2.44. The van der Waals surface area contributed by atoms with Crippen LogP contribution >= 0.6 is 0 Å². The number of halogens is 1.